The Balaban J connectivity index is 3.79. The monoisotopic (exact) mass is 133 g/mol. The summed E-state index contributed by atoms with van der Waals surface area (Å²) < 4.78 is 0. The molecule has 0 aromatic heterocycles. The number of rotatable bonds is 2. The molecule has 0 saturated heterocycles. The SMILES string of the molecule is CON(OC)C(C)(C)C. The summed E-state index contributed by atoms with van der Waals surface area (Å²) in [4.78, 5) is 9.75. The van der Waals surface area contributed by atoms with E-state index >= 15 is 0 Å². The van der Waals surface area contributed by atoms with Crippen LogP contribution in [0.15, 0.2) is 0 Å². The van der Waals surface area contributed by atoms with Gasteiger partial charge in [0.05, 0.1) is 19.8 Å². The first-order chi connectivity index (χ1) is 4.02. The molecule has 56 valence electrons. The average Bonchev–Trinajstić information content (AvgIpc) is 1.65. The summed E-state index contributed by atoms with van der Waals surface area (Å²) in [6, 6.07) is 0. The minimum atomic E-state index is -0.0938. The highest BCUT2D eigenvalue weighted by Gasteiger charge is 2.20. The zero-order chi connectivity index (χ0) is 7.49. The highest BCUT2D eigenvalue weighted by atomic mass is 16.9. The second-order valence-electron chi connectivity index (χ2n) is 2.79. The maximum atomic E-state index is 4.88. The van der Waals surface area contributed by atoms with Gasteiger partial charge in [-0.2, -0.15) is 0 Å². The third-order valence-corrected chi connectivity index (χ3v) is 0.879. The number of hydroxylamine groups is 2. The maximum Gasteiger partial charge on any atom is 0.0653 e. The molecule has 0 aromatic rings. The molecule has 0 bridgehead atoms. The minimum Gasteiger partial charge on any atom is -0.277 e. The molecule has 0 N–H and O–H groups in total. The van der Waals surface area contributed by atoms with E-state index in [4.69, 9.17) is 9.68 Å². The zero-order valence-electron chi connectivity index (χ0n) is 6.76. The van der Waals surface area contributed by atoms with Crippen molar-refractivity contribution in [1.82, 2.24) is 5.23 Å². The lowest BCUT2D eigenvalue weighted by Crippen LogP contribution is -2.39. The molecule has 0 aliphatic carbocycles. The van der Waals surface area contributed by atoms with E-state index in [0.29, 0.717) is 0 Å². The van der Waals surface area contributed by atoms with E-state index in [-0.39, 0.29) is 5.54 Å². The van der Waals surface area contributed by atoms with Gasteiger partial charge in [-0.15, -0.1) is 0 Å². The van der Waals surface area contributed by atoms with E-state index in [1.54, 1.807) is 14.2 Å². The van der Waals surface area contributed by atoms with Crippen LogP contribution >= 0.6 is 0 Å². The van der Waals surface area contributed by atoms with E-state index < -0.39 is 0 Å². The summed E-state index contributed by atoms with van der Waals surface area (Å²) in [6.45, 7) is 6.00. The first-order valence-corrected chi connectivity index (χ1v) is 2.91. The van der Waals surface area contributed by atoms with E-state index in [0.717, 1.165) is 0 Å². The van der Waals surface area contributed by atoms with E-state index in [1.165, 1.54) is 5.23 Å². The lowest BCUT2D eigenvalue weighted by atomic mass is 10.1. The molecule has 0 unspecified atom stereocenters. The fourth-order valence-corrected chi connectivity index (χ4v) is 0.622. The Kier molecular flexibility index (Phi) is 3.11. The van der Waals surface area contributed by atoms with Crippen molar-refractivity contribution in [2.75, 3.05) is 14.2 Å². The Morgan fingerprint density at radius 1 is 1.00 bits per heavy atom. The smallest absolute Gasteiger partial charge is 0.0653 e. The van der Waals surface area contributed by atoms with Crippen LogP contribution in [0.4, 0.5) is 0 Å². The summed E-state index contributed by atoms with van der Waals surface area (Å²) in [5.41, 5.74) is -0.0938. The maximum absolute atomic E-state index is 4.88. The normalized spacial score (nSPS) is 12.7. The molecule has 0 aliphatic heterocycles. The lowest BCUT2D eigenvalue weighted by molar-refractivity contribution is -0.382. The van der Waals surface area contributed by atoms with E-state index in [2.05, 4.69) is 0 Å². The number of hydrogen-bond donors (Lipinski definition) is 0. The Morgan fingerprint density at radius 2 is 1.33 bits per heavy atom. The summed E-state index contributed by atoms with van der Waals surface area (Å²) >= 11 is 0. The summed E-state index contributed by atoms with van der Waals surface area (Å²) in [5, 5.41) is 1.44. The molecule has 9 heavy (non-hydrogen) atoms. The molecule has 0 aliphatic rings. The van der Waals surface area contributed by atoms with Crippen LogP contribution in [0.1, 0.15) is 20.8 Å². The van der Waals surface area contributed by atoms with Gasteiger partial charge in [-0.05, 0) is 20.8 Å². The largest absolute Gasteiger partial charge is 0.277 e. The molecule has 0 atom stereocenters. The predicted octanol–water partition coefficient (Wildman–Crippen LogP) is 1.21. The van der Waals surface area contributed by atoms with Crippen LogP contribution in [-0.2, 0) is 9.68 Å². The molecule has 0 spiro atoms. The molecule has 3 nitrogen and oxygen atoms in total. The molecule has 0 fully saturated rings. The van der Waals surface area contributed by atoms with Gasteiger partial charge in [0.1, 0.15) is 0 Å². The first kappa shape index (κ1) is 8.88. The molecule has 3 heteroatoms. The van der Waals surface area contributed by atoms with Crippen molar-refractivity contribution in [1.29, 1.82) is 0 Å². The van der Waals surface area contributed by atoms with Crippen molar-refractivity contribution in [3.63, 3.8) is 0 Å². The van der Waals surface area contributed by atoms with Crippen LogP contribution in [0.5, 0.6) is 0 Å². The van der Waals surface area contributed by atoms with E-state index in [1.807, 2.05) is 20.8 Å². The van der Waals surface area contributed by atoms with Gasteiger partial charge in [-0.3, -0.25) is 9.68 Å². The van der Waals surface area contributed by atoms with Crippen molar-refractivity contribution < 1.29 is 9.68 Å². The summed E-state index contributed by atoms with van der Waals surface area (Å²) in [5.74, 6) is 0. The fourth-order valence-electron chi connectivity index (χ4n) is 0.622. The quantitative estimate of drug-likeness (QED) is 0.528. The second-order valence-corrected chi connectivity index (χ2v) is 2.79. The third kappa shape index (κ3) is 2.79. The van der Waals surface area contributed by atoms with Crippen molar-refractivity contribution >= 4 is 0 Å². The second kappa shape index (κ2) is 3.15. The van der Waals surface area contributed by atoms with Gasteiger partial charge < -0.3 is 0 Å². The number of hydrogen-bond acceptors (Lipinski definition) is 3. The van der Waals surface area contributed by atoms with Gasteiger partial charge in [0, 0.05) is 0 Å². The molecule has 0 amide bonds. The van der Waals surface area contributed by atoms with Crippen molar-refractivity contribution in [3.05, 3.63) is 0 Å². The Hall–Kier alpha value is -0.120. The van der Waals surface area contributed by atoms with Crippen molar-refractivity contribution in [2.45, 2.75) is 26.3 Å². The van der Waals surface area contributed by atoms with Crippen LogP contribution in [-0.4, -0.2) is 25.0 Å². The summed E-state index contributed by atoms with van der Waals surface area (Å²) in [6.07, 6.45) is 0. The van der Waals surface area contributed by atoms with Gasteiger partial charge in [-0.1, -0.05) is 5.23 Å². The van der Waals surface area contributed by atoms with Crippen LogP contribution in [0.25, 0.3) is 0 Å². The molecular weight excluding hydrogens is 118 g/mol. The predicted molar refractivity (Wildman–Crippen MR) is 35.6 cm³/mol. The standard InChI is InChI=1S/C6H15NO2/c1-6(2,3)7(8-4)9-5/h1-5H3. The molecule has 0 heterocycles. The topological polar surface area (TPSA) is 21.7 Å². The van der Waals surface area contributed by atoms with Crippen LogP contribution in [0.2, 0.25) is 0 Å². The molecule has 0 aromatic carbocycles. The Labute approximate surface area is 56.5 Å². The lowest BCUT2D eigenvalue weighted by Gasteiger charge is -2.29. The highest BCUT2D eigenvalue weighted by Crippen LogP contribution is 2.11. The zero-order valence-corrected chi connectivity index (χ0v) is 6.76. The average molecular weight is 133 g/mol. The highest BCUT2D eigenvalue weighted by molar-refractivity contribution is 4.62. The van der Waals surface area contributed by atoms with Crippen LogP contribution in [0.3, 0.4) is 0 Å². The molecular formula is C6H15NO2. The van der Waals surface area contributed by atoms with Gasteiger partial charge >= 0.3 is 0 Å². The van der Waals surface area contributed by atoms with Crippen molar-refractivity contribution in [3.8, 4) is 0 Å². The molecule has 0 saturated carbocycles. The minimum absolute atomic E-state index is 0.0938. The fraction of sp³-hybridized carbons (Fsp3) is 1.00. The van der Waals surface area contributed by atoms with Gasteiger partial charge in [0.2, 0.25) is 0 Å². The van der Waals surface area contributed by atoms with Gasteiger partial charge in [0.25, 0.3) is 0 Å². The molecule has 0 radical (unpaired) electrons. The van der Waals surface area contributed by atoms with Crippen LogP contribution in [0, 0.1) is 0 Å². The molecule has 0 rings (SSSR count). The summed E-state index contributed by atoms with van der Waals surface area (Å²) in [7, 11) is 3.16. The Morgan fingerprint density at radius 3 is 1.33 bits per heavy atom. The third-order valence-electron chi connectivity index (χ3n) is 0.879. The first-order valence-electron chi connectivity index (χ1n) is 2.91. The van der Waals surface area contributed by atoms with E-state index in [9.17, 15) is 0 Å². The van der Waals surface area contributed by atoms with Gasteiger partial charge in [0.15, 0.2) is 0 Å². The van der Waals surface area contributed by atoms with Gasteiger partial charge in [-0.25, -0.2) is 0 Å². The van der Waals surface area contributed by atoms with Crippen molar-refractivity contribution in [2.24, 2.45) is 0 Å². The Bertz CT molecular complexity index is 73.6. The number of nitrogens with zero attached hydrogens (tertiary/aromatic N) is 1. The van der Waals surface area contributed by atoms with Crippen LogP contribution < -0.4 is 0 Å².